The van der Waals surface area contributed by atoms with Gasteiger partial charge in [-0.05, 0) is 24.5 Å². The highest BCUT2D eigenvalue weighted by Gasteiger charge is 2.24. The molecule has 1 atom stereocenters. The largest absolute Gasteiger partial charge is 0.374 e. The van der Waals surface area contributed by atoms with Gasteiger partial charge in [0.15, 0.2) is 4.34 Å². The maximum atomic E-state index is 13.8. The third-order valence-electron chi connectivity index (χ3n) is 3.82. The summed E-state index contributed by atoms with van der Waals surface area (Å²) in [4.78, 5) is 13.9. The van der Waals surface area contributed by atoms with Crippen molar-refractivity contribution < 1.29 is 9.18 Å². The Morgan fingerprint density at radius 3 is 3.04 bits per heavy atom. The van der Waals surface area contributed by atoms with Crippen LogP contribution in [0.1, 0.15) is 6.42 Å². The number of thioether (sulfide) groups is 1. The molecule has 0 aliphatic carbocycles. The van der Waals surface area contributed by atoms with Crippen LogP contribution >= 0.6 is 23.1 Å². The average molecular weight is 367 g/mol. The van der Waals surface area contributed by atoms with E-state index in [4.69, 9.17) is 5.73 Å². The number of carbonyl (C=O) groups is 1. The molecule has 6 nitrogen and oxygen atoms in total. The Labute approximate surface area is 147 Å². The second-order valence-corrected chi connectivity index (χ2v) is 7.78. The molecule has 2 heterocycles. The van der Waals surface area contributed by atoms with Gasteiger partial charge in [-0.2, -0.15) is 0 Å². The first-order valence-electron chi connectivity index (χ1n) is 7.60. The van der Waals surface area contributed by atoms with Crippen molar-refractivity contribution >= 4 is 39.8 Å². The lowest BCUT2D eigenvalue weighted by Crippen LogP contribution is -2.32. The first-order chi connectivity index (χ1) is 11.6. The number of halogens is 1. The second-order valence-electron chi connectivity index (χ2n) is 5.55. The minimum absolute atomic E-state index is 0.0434. The summed E-state index contributed by atoms with van der Waals surface area (Å²) in [6.07, 6.45) is 0.939. The monoisotopic (exact) mass is 367 g/mol. The lowest BCUT2D eigenvalue weighted by Gasteiger charge is -2.19. The smallest absolute Gasteiger partial charge is 0.230 e. The molecule has 1 fully saturated rings. The van der Waals surface area contributed by atoms with E-state index in [0.29, 0.717) is 33.4 Å². The summed E-state index contributed by atoms with van der Waals surface area (Å²) in [7, 11) is 0. The third kappa shape index (κ3) is 4.35. The van der Waals surface area contributed by atoms with Crippen LogP contribution in [0.4, 0.5) is 15.2 Å². The van der Waals surface area contributed by atoms with Gasteiger partial charge in [-0.25, -0.2) is 4.39 Å². The number of para-hydroxylation sites is 1. The number of rotatable bonds is 6. The third-order valence-corrected chi connectivity index (χ3v) is 5.70. The molecule has 2 aromatic rings. The summed E-state index contributed by atoms with van der Waals surface area (Å²) < 4.78 is 14.5. The van der Waals surface area contributed by atoms with Gasteiger partial charge in [0.05, 0.1) is 11.4 Å². The van der Waals surface area contributed by atoms with Crippen molar-refractivity contribution in [1.82, 2.24) is 15.5 Å². The minimum atomic E-state index is -0.199. The fraction of sp³-hybridized carbons (Fsp3) is 0.400. The molecule has 1 aliphatic heterocycles. The highest BCUT2D eigenvalue weighted by molar-refractivity contribution is 8.01. The van der Waals surface area contributed by atoms with Gasteiger partial charge in [0.2, 0.25) is 11.0 Å². The Kier molecular flexibility index (Phi) is 5.52. The summed E-state index contributed by atoms with van der Waals surface area (Å²) >= 11 is 2.59. The number of carbonyl (C=O) groups excluding carboxylic acids is 1. The molecule has 9 heteroatoms. The molecule has 24 heavy (non-hydrogen) atoms. The molecule has 128 valence electrons. The first kappa shape index (κ1) is 17.0. The van der Waals surface area contributed by atoms with E-state index < -0.39 is 0 Å². The van der Waals surface area contributed by atoms with Crippen LogP contribution in [0.15, 0.2) is 28.6 Å². The van der Waals surface area contributed by atoms with Crippen molar-refractivity contribution in [3.8, 4) is 0 Å². The Morgan fingerprint density at radius 1 is 1.46 bits per heavy atom. The summed E-state index contributed by atoms with van der Waals surface area (Å²) in [5, 5.41) is 10.9. The molecule has 0 spiro atoms. The van der Waals surface area contributed by atoms with Crippen molar-refractivity contribution in [3.05, 3.63) is 30.1 Å². The van der Waals surface area contributed by atoms with Gasteiger partial charge in [-0.15, -0.1) is 10.2 Å². The zero-order chi connectivity index (χ0) is 16.9. The predicted octanol–water partition coefficient (Wildman–Crippen LogP) is 1.99. The molecule has 1 aromatic carbocycles. The van der Waals surface area contributed by atoms with Gasteiger partial charge in [0, 0.05) is 19.6 Å². The highest BCUT2D eigenvalue weighted by Crippen LogP contribution is 2.26. The van der Waals surface area contributed by atoms with E-state index in [9.17, 15) is 9.18 Å². The van der Waals surface area contributed by atoms with E-state index >= 15 is 0 Å². The van der Waals surface area contributed by atoms with Crippen LogP contribution in [0, 0.1) is 11.7 Å². The van der Waals surface area contributed by atoms with Crippen LogP contribution in [0.3, 0.4) is 0 Å². The van der Waals surface area contributed by atoms with Crippen molar-refractivity contribution in [2.45, 2.75) is 10.8 Å². The topological polar surface area (TPSA) is 84.1 Å². The molecule has 1 aliphatic rings. The molecule has 1 amide bonds. The zero-order valence-electron chi connectivity index (χ0n) is 12.9. The Bertz CT molecular complexity index is 711. The molecule has 0 unspecified atom stereocenters. The van der Waals surface area contributed by atoms with E-state index in [2.05, 4.69) is 15.5 Å². The number of anilines is 2. The van der Waals surface area contributed by atoms with Crippen molar-refractivity contribution in [2.75, 3.05) is 36.0 Å². The molecule has 0 radical (unpaired) electrons. The lowest BCUT2D eigenvalue weighted by molar-refractivity contribution is -0.118. The van der Waals surface area contributed by atoms with Gasteiger partial charge in [0.1, 0.15) is 5.82 Å². The number of benzene rings is 1. The number of aromatic nitrogens is 2. The quantitative estimate of drug-likeness (QED) is 0.760. The van der Waals surface area contributed by atoms with Crippen molar-refractivity contribution in [1.29, 1.82) is 0 Å². The summed E-state index contributed by atoms with van der Waals surface area (Å²) in [5.41, 5.74) is 6.13. The van der Waals surface area contributed by atoms with Crippen LogP contribution in [-0.4, -0.2) is 41.5 Å². The summed E-state index contributed by atoms with van der Waals surface area (Å²) in [6.45, 7) is 2.16. The molecule has 1 saturated heterocycles. The zero-order valence-corrected chi connectivity index (χ0v) is 14.6. The molecule has 3 rings (SSSR count). The maximum absolute atomic E-state index is 13.8. The van der Waals surface area contributed by atoms with Gasteiger partial charge in [-0.1, -0.05) is 35.2 Å². The average Bonchev–Trinajstić information content (AvgIpc) is 3.20. The SMILES string of the molecule is Nc1nnc(SCC(=O)NC[C@@H]2CCN(c3ccccc3F)C2)s1. The number of hydrogen-bond acceptors (Lipinski definition) is 7. The molecule has 1 aromatic heterocycles. The minimum Gasteiger partial charge on any atom is -0.374 e. The fourth-order valence-corrected chi connectivity index (χ4v) is 4.11. The predicted molar refractivity (Wildman–Crippen MR) is 94.8 cm³/mol. The van der Waals surface area contributed by atoms with Gasteiger partial charge in [-0.3, -0.25) is 4.79 Å². The standard InChI is InChI=1S/C15H18FN5OS2/c16-11-3-1-2-4-12(11)21-6-5-10(8-21)7-18-13(22)9-23-15-20-19-14(17)24-15/h1-4,10H,5-9H2,(H2,17,19)(H,18,22)/t10-/m0/s1. The van der Waals surface area contributed by atoms with E-state index in [1.165, 1.54) is 29.2 Å². The van der Waals surface area contributed by atoms with Gasteiger partial charge in [0.25, 0.3) is 0 Å². The number of nitrogens with one attached hydrogen (secondary N) is 1. The lowest BCUT2D eigenvalue weighted by atomic mass is 10.1. The number of nitrogens with two attached hydrogens (primary N) is 1. The summed E-state index contributed by atoms with van der Waals surface area (Å²) in [5.74, 6) is 0.377. The number of nitrogens with zero attached hydrogens (tertiary/aromatic N) is 3. The van der Waals surface area contributed by atoms with E-state index in [1.54, 1.807) is 12.1 Å². The molecule has 0 bridgehead atoms. The van der Waals surface area contributed by atoms with Crippen molar-refractivity contribution in [2.24, 2.45) is 5.92 Å². The normalized spacial score (nSPS) is 17.2. The van der Waals surface area contributed by atoms with E-state index in [-0.39, 0.29) is 11.7 Å². The van der Waals surface area contributed by atoms with Crippen LogP contribution in [-0.2, 0) is 4.79 Å². The Balaban J connectivity index is 1.41. The molecule has 3 N–H and O–H groups in total. The number of hydrogen-bond donors (Lipinski definition) is 2. The van der Waals surface area contributed by atoms with Crippen LogP contribution < -0.4 is 16.0 Å². The number of amides is 1. The summed E-state index contributed by atoms with van der Waals surface area (Å²) in [6, 6.07) is 6.80. The van der Waals surface area contributed by atoms with Gasteiger partial charge >= 0.3 is 0 Å². The molecular weight excluding hydrogens is 349 g/mol. The first-order valence-corrected chi connectivity index (χ1v) is 9.40. The van der Waals surface area contributed by atoms with Crippen LogP contribution in [0.2, 0.25) is 0 Å². The van der Waals surface area contributed by atoms with Crippen LogP contribution in [0.5, 0.6) is 0 Å². The fourth-order valence-electron chi connectivity index (χ4n) is 2.64. The second kappa shape index (κ2) is 7.80. The van der Waals surface area contributed by atoms with E-state index in [1.807, 2.05) is 11.0 Å². The maximum Gasteiger partial charge on any atom is 0.230 e. The van der Waals surface area contributed by atoms with Gasteiger partial charge < -0.3 is 16.0 Å². The molecular formula is C15H18FN5OS2. The molecule has 0 saturated carbocycles. The van der Waals surface area contributed by atoms with Crippen LogP contribution in [0.25, 0.3) is 0 Å². The highest BCUT2D eigenvalue weighted by atomic mass is 32.2. The Hall–Kier alpha value is -1.87. The van der Waals surface area contributed by atoms with Crippen molar-refractivity contribution in [3.63, 3.8) is 0 Å². The number of nitrogen functional groups attached to an aromatic ring is 1. The Morgan fingerprint density at radius 2 is 2.29 bits per heavy atom. The van der Waals surface area contributed by atoms with E-state index in [0.717, 1.165) is 19.5 Å².